The second-order valence-corrected chi connectivity index (χ2v) is 4.81. The van der Waals surface area contributed by atoms with Gasteiger partial charge in [0.1, 0.15) is 5.82 Å². The maximum absolute atomic E-state index is 13.5. The number of thioether (sulfide) groups is 1. The highest BCUT2D eigenvalue weighted by molar-refractivity contribution is 7.97. The van der Waals surface area contributed by atoms with Gasteiger partial charge >= 0.3 is 0 Å². The minimum absolute atomic E-state index is 0.217. The summed E-state index contributed by atoms with van der Waals surface area (Å²) in [5.41, 5.74) is 7.94. The molecule has 0 bridgehead atoms. The van der Waals surface area contributed by atoms with Gasteiger partial charge in [-0.25, -0.2) is 4.39 Å². The Kier molecular flexibility index (Phi) is 4.04. The smallest absolute Gasteiger partial charge is 0.129 e. The van der Waals surface area contributed by atoms with E-state index < -0.39 is 0 Å². The molecule has 2 N–H and O–H groups in total. The third-order valence-corrected chi connectivity index (χ3v) is 3.50. The van der Waals surface area contributed by atoms with Crippen molar-refractivity contribution < 1.29 is 4.39 Å². The summed E-state index contributed by atoms with van der Waals surface area (Å²) in [6, 6.07) is 15.0. The van der Waals surface area contributed by atoms with E-state index in [0.29, 0.717) is 17.0 Å². The molecule has 0 fully saturated rings. The number of hydrogen-bond acceptors (Lipinski definition) is 2. The van der Waals surface area contributed by atoms with Crippen molar-refractivity contribution in [3.63, 3.8) is 0 Å². The van der Waals surface area contributed by atoms with Crippen LogP contribution in [0.3, 0.4) is 0 Å². The van der Waals surface area contributed by atoms with Crippen molar-refractivity contribution in [1.82, 2.24) is 0 Å². The third kappa shape index (κ3) is 3.49. The molecule has 0 aliphatic heterocycles. The summed E-state index contributed by atoms with van der Waals surface area (Å²) >= 11 is 1.70. The second kappa shape index (κ2) is 5.73. The van der Waals surface area contributed by atoms with Crippen LogP contribution in [0.25, 0.3) is 0 Å². The maximum Gasteiger partial charge on any atom is 0.129 e. The van der Waals surface area contributed by atoms with Gasteiger partial charge in [0.2, 0.25) is 0 Å². The summed E-state index contributed by atoms with van der Waals surface area (Å²) in [7, 11) is 0. The molecule has 0 aliphatic rings. The lowest BCUT2D eigenvalue weighted by molar-refractivity contribution is 0.618. The molecular weight excluding hydrogens is 233 g/mol. The molecule has 0 radical (unpaired) electrons. The van der Waals surface area contributed by atoms with E-state index in [0.717, 1.165) is 5.75 Å². The summed E-state index contributed by atoms with van der Waals surface area (Å²) in [6.07, 6.45) is 0. The Morgan fingerprint density at radius 1 is 1.00 bits per heavy atom. The van der Waals surface area contributed by atoms with E-state index in [1.165, 1.54) is 11.6 Å². The highest BCUT2D eigenvalue weighted by Crippen LogP contribution is 2.20. The first-order chi connectivity index (χ1) is 8.25. The van der Waals surface area contributed by atoms with Crippen LogP contribution in [0.1, 0.15) is 11.1 Å². The van der Waals surface area contributed by atoms with Crippen molar-refractivity contribution in [2.24, 2.45) is 0 Å². The van der Waals surface area contributed by atoms with Crippen molar-refractivity contribution in [2.45, 2.75) is 11.5 Å². The van der Waals surface area contributed by atoms with Gasteiger partial charge in [-0.3, -0.25) is 0 Å². The lowest BCUT2D eigenvalue weighted by atomic mass is 10.2. The summed E-state index contributed by atoms with van der Waals surface area (Å²) in [5, 5.41) is 0. The molecule has 0 aromatic heterocycles. The monoisotopic (exact) mass is 247 g/mol. The SMILES string of the molecule is Nc1ccc(CSCc2ccccc2)c(F)c1. The lowest BCUT2D eigenvalue weighted by Gasteiger charge is -2.04. The van der Waals surface area contributed by atoms with Gasteiger partial charge in [-0.05, 0) is 23.3 Å². The fourth-order valence-corrected chi connectivity index (χ4v) is 2.52. The van der Waals surface area contributed by atoms with Crippen molar-refractivity contribution in [1.29, 1.82) is 0 Å². The van der Waals surface area contributed by atoms with E-state index >= 15 is 0 Å². The van der Waals surface area contributed by atoms with Gasteiger partial charge in [-0.2, -0.15) is 11.8 Å². The van der Waals surface area contributed by atoms with Crippen LogP contribution in [0.2, 0.25) is 0 Å². The summed E-state index contributed by atoms with van der Waals surface area (Å²) in [4.78, 5) is 0. The molecule has 1 nitrogen and oxygen atoms in total. The average molecular weight is 247 g/mol. The number of benzene rings is 2. The Hall–Kier alpha value is -1.48. The molecule has 2 aromatic rings. The van der Waals surface area contributed by atoms with Gasteiger partial charge in [-0.15, -0.1) is 0 Å². The number of nitrogen functional groups attached to an aromatic ring is 1. The molecule has 0 atom stereocenters. The molecule has 0 unspecified atom stereocenters. The van der Waals surface area contributed by atoms with Gasteiger partial charge in [-0.1, -0.05) is 36.4 Å². The first kappa shape index (κ1) is 12.0. The van der Waals surface area contributed by atoms with Gasteiger partial charge in [0, 0.05) is 17.2 Å². The van der Waals surface area contributed by atoms with Gasteiger partial charge in [0.15, 0.2) is 0 Å². The normalized spacial score (nSPS) is 10.4. The standard InChI is InChI=1S/C14H14FNS/c15-14-8-13(16)7-6-12(14)10-17-9-11-4-2-1-3-5-11/h1-8H,9-10,16H2. The first-order valence-corrected chi connectivity index (χ1v) is 6.57. The average Bonchev–Trinajstić information content (AvgIpc) is 2.33. The third-order valence-electron chi connectivity index (χ3n) is 2.45. The van der Waals surface area contributed by atoms with Crippen molar-refractivity contribution in [3.05, 3.63) is 65.5 Å². The van der Waals surface area contributed by atoms with Crippen LogP contribution in [0, 0.1) is 5.82 Å². The molecule has 3 heteroatoms. The summed E-state index contributed by atoms with van der Waals surface area (Å²) in [5.74, 6) is 1.34. The highest BCUT2D eigenvalue weighted by atomic mass is 32.2. The molecule has 0 amide bonds. The molecule has 2 aromatic carbocycles. The molecular formula is C14H14FNS. The molecule has 88 valence electrons. The molecule has 0 spiro atoms. The Morgan fingerprint density at radius 3 is 2.47 bits per heavy atom. The maximum atomic E-state index is 13.5. The molecule has 0 saturated heterocycles. The van der Waals surface area contributed by atoms with Crippen molar-refractivity contribution in [2.75, 3.05) is 5.73 Å². The predicted octanol–water partition coefficient (Wildman–Crippen LogP) is 3.84. The minimum Gasteiger partial charge on any atom is -0.399 e. The van der Waals surface area contributed by atoms with Gasteiger partial charge in [0.05, 0.1) is 0 Å². The van der Waals surface area contributed by atoms with Crippen LogP contribution in [-0.4, -0.2) is 0 Å². The summed E-state index contributed by atoms with van der Waals surface area (Å²) < 4.78 is 13.5. The van der Waals surface area contributed by atoms with Crippen LogP contribution in [0.5, 0.6) is 0 Å². The second-order valence-electron chi connectivity index (χ2n) is 3.83. The molecule has 0 saturated carbocycles. The van der Waals surface area contributed by atoms with Crippen molar-refractivity contribution >= 4 is 17.4 Å². The van der Waals surface area contributed by atoms with E-state index in [1.807, 2.05) is 18.2 Å². The summed E-state index contributed by atoms with van der Waals surface area (Å²) in [6.45, 7) is 0. The van der Waals surface area contributed by atoms with Crippen LogP contribution < -0.4 is 5.73 Å². The van der Waals surface area contributed by atoms with Crippen molar-refractivity contribution in [3.8, 4) is 0 Å². The van der Waals surface area contributed by atoms with Crippen LogP contribution in [-0.2, 0) is 11.5 Å². The zero-order valence-electron chi connectivity index (χ0n) is 9.40. The van der Waals surface area contributed by atoms with E-state index in [1.54, 1.807) is 23.9 Å². The highest BCUT2D eigenvalue weighted by Gasteiger charge is 2.02. The van der Waals surface area contributed by atoms with Crippen LogP contribution in [0.4, 0.5) is 10.1 Å². The van der Waals surface area contributed by atoms with E-state index in [-0.39, 0.29) is 5.82 Å². The molecule has 17 heavy (non-hydrogen) atoms. The number of halogens is 1. The lowest BCUT2D eigenvalue weighted by Crippen LogP contribution is -1.92. The Labute approximate surface area is 105 Å². The molecule has 2 rings (SSSR count). The van der Waals surface area contributed by atoms with Gasteiger partial charge < -0.3 is 5.73 Å². The van der Waals surface area contributed by atoms with E-state index in [9.17, 15) is 4.39 Å². The first-order valence-electron chi connectivity index (χ1n) is 5.41. The number of anilines is 1. The fraction of sp³-hybridized carbons (Fsp3) is 0.143. The van der Waals surface area contributed by atoms with E-state index in [2.05, 4.69) is 12.1 Å². The molecule has 0 aliphatic carbocycles. The number of nitrogens with two attached hydrogens (primary N) is 1. The van der Waals surface area contributed by atoms with Gasteiger partial charge in [0.25, 0.3) is 0 Å². The predicted molar refractivity (Wildman–Crippen MR) is 72.3 cm³/mol. The Bertz CT molecular complexity index is 485. The minimum atomic E-state index is -0.217. The fourth-order valence-electron chi connectivity index (χ4n) is 1.53. The molecule has 0 heterocycles. The van der Waals surface area contributed by atoms with E-state index in [4.69, 9.17) is 5.73 Å². The Balaban J connectivity index is 1.90. The van der Waals surface area contributed by atoms with Crippen LogP contribution >= 0.6 is 11.8 Å². The number of hydrogen-bond donors (Lipinski definition) is 1. The Morgan fingerprint density at radius 2 is 1.76 bits per heavy atom. The largest absolute Gasteiger partial charge is 0.399 e. The zero-order valence-corrected chi connectivity index (χ0v) is 10.2. The van der Waals surface area contributed by atoms with Crippen LogP contribution in [0.15, 0.2) is 48.5 Å². The quantitative estimate of drug-likeness (QED) is 0.831. The number of rotatable bonds is 4. The topological polar surface area (TPSA) is 26.0 Å². The zero-order chi connectivity index (χ0) is 12.1.